The summed E-state index contributed by atoms with van der Waals surface area (Å²) in [5, 5.41) is 7.82. The van der Waals surface area contributed by atoms with Gasteiger partial charge in [0, 0.05) is 18.5 Å². The smallest absolute Gasteiger partial charge is 0.160 e. The minimum absolute atomic E-state index is 0.157. The average molecular weight is 253 g/mol. The molecule has 0 spiro atoms. The van der Waals surface area contributed by atoms with Crippen molar-refractivity contribution >= 4 is 0 Å². The molecule has 1 aromatic rings. The summed E-state index contributed by atoms with van der Waals surface area (Å²) in [6.45, 7) is 12.0. The molecule has 1 heterocycles. The number of nitrogens with zero attached hydrogens (tertiary/aromatic N) is 2. The molecular formula is C14H27N3O. The molecule has 1 N–H and O–H groups in total. The van der Waals surface area contributed by atoms with Gasteiger partial charge in [0.25, 0.3) is 0 Å². The first-order valence-corrected chi connectivity index (χ1v) is 6.57. The Morgan fingerprint density at radius 1 is 1.39 bits per heavy atom. The number of nitrogens with one attached hydrogen (secondary N) is 1. The lowest BCUT2D eigenvalue weighted by Gasteiger charge is -2.27. The van der Waals surface area contributed by atoms with Gasteiger partial charge in [0.2, 0.25) is 0 Å². The highest BCUT2D eigenvalue weighted by atomic mass is 16.5. The number of hydrogen-bond donors (Lipinski definition) is 1. The molecule has 0 fully saturated rings. The van der Waals surface area contributed by atoms with Crippen LogP contribution in [0.2, 0.25) is 0 Å². The topological polar surface area (TPSA) is 39.1 Å². The zero-order valence-electron chi connectivity index (χ0n) is 12.7. The molecule has 104 valence electrons. The number of methoxy groups -OCH3 is 1. The number of ether oxygens (including phenoxy) is 1. The fourth-order valence-electron chi connectivity index (χ4n) is 2.02. The molecule has 0 aliphatic heterocycles. The second-order valence-electron chi connectivity index (χ2n) is 6.12. The minimum Gasteiger partial charge on any atom is -0.493 e. The van der Waals surface area contributed by atoms with E-state index in [4.69, 9.17) is 4.74 Å². The summed E-state index contributed by atoms with van der Waals surface area (Å²) in [5.74, 6) is 1.81. The van der Waals surface area contributed by atoms with Crippen molar-refractivity contribution < 1.29 is 4.74 Å². The summed E-state index contributed by atoms with van der Waals surface area (Å²) in [5.41, 5.74) is 1.32. The van der Waals surface area contributed by atoms with Crippen LogP contribution in [0, 0.1) is 5.92 Å². The van der Waals surface area contributed by atoms with Gasteiger partial charge in [0.05, 0.1) is 19.0 Å². The summed E-state index contributed by atoms with van der Waals surface area (Å²) in [6.07, 6.45) is 1.79. The monoisotopic (exact) mass is 253 g/mol. The van der Waals surface area contributed by atoms with Crippen molar-refractivity contribution in [3.63, 3.8) is 0 Å². The van der Waals surface area contributed by atoms with Crippen LogP contribution >= 0.6 is 0 Å². The summed E-state index contributed by atoms with van der Waals surface area (Å²) < 4.78 is 7.29. The molecule has 2 atom stereocenters. The van der Waals surface area contributed by atoms with Crippen LogP contribution in [0.3, 0.4) is 0 Å². The Morgan fingerprint density at radius 3 is 2.50 bits per heavy atom. The third-order valence-corrected chi connectivity index (χ3v) is 3.41. The zero-order chi connectivity index (χ0) is 13.9. The van der Waals surface area contributed by atoms with Gasteiger partial charge in [-0.2, -0.15) is 5.10 Å². The number of rotatable bonds is 5. The predicted octanol–water partition coefficient (Wildman–Crippen LogP) is 2.56. The molecule has 1 aromatic heterocycles. The normalized spacial score (nSPS) is 15.5. The van der Waals surface area contributed by atoms with Crippen molar-refractivity contribution in [2.45, 2.75) is 46.1 Å². The molecule has 0 bridgehead atoms. The van der Waals surface area contributed by atoms with E-state index in [1.807, 2.05) is 11.7 Å². The van der Waals surface area contributed by atoms with E-state index < -0.39 is 0 Å². The summed E-state index contributed by atoms with van der Waals surface area (Å²) in [6, 6.07) is 0. The van der Waals surface area contributed by atoms with Crippen molar-refractivity contribution in [3.8, 4) is 5.75 Å². The molecule has 0 saturated carbocycles. The maximum absolute atomic E-state index is 5.38. The van der Waals surface area contributed by atoms with Gasteiger partial charge in [-0.05, 0) is 33.2 Å². The molecule has 18 heavy (non-hydrogen) atoms. The lowest BCUT2D eigenvalue weighted by molar-refractivity contribution is 0.343. The van der Waals surface area contributed by atoms with Crippen molar-refractivity contribution in [2.24, 2.45) is 13.0 Å². The Kier molecular flexibility index (Phi) is 4.79. The van der Waals surface area contributed by atoms with E-state index in [1.165, 1.54) is 5.69 Å². The fraction of sp³-hybridized carbons (Fsp3) is 0.786. The molecule has 0 aromatic carbocycles. The van der Waals surface area contributed by atoms with Gasteiger partial charge in [-0.25, -0.2) is 0 Å². The highest BCUT2D eigenvalue weighted by Gasteiger charge is 2.23. The SMILES string of the molecule is COc1cnn(C)c1C(C)C(C)CNC(C)(C)C. The van der Waals surface area contributed by atoms with Crippen LogP contribution < -0.4 is 10.1 Å². The Balaban J connectivity index is 2.74. The van der Waals surface area contributed by atoms with Crippen LogP contribution in [-0.2, 0) is 7.05 Å². The van der Waals surface area contributed by atoms with Crippen molar-refractivity contribution in [3.05, 3.63) is 11.9 Å². The van der Waals surface area contributed by atoms with Crippen LogP contribution in [0.15, 0.2) is 6.20 Å². The second kappa shape index (κ2) is 5.74. The van der Waals surface area contributed by atoms with E-state index in [9.17, 15) is 0 Å². The molecule has 0 aliphatic rings. The highest BCUT2D eigenvalue weighted by Crippen LogP contribution is 2.30. The van der Waals surface area contributed by atoms with Gasteiger partial charge in [-0.15, -0.1) is 0 Å². The lowest BCUT2D eigenvalue weighted by atomic mass is 9.91. The van der Waals surface area contributed by atoms with E-state index in [1.54, 1.807) is 13.3 Å². The molecule has 4 heteroatoms. The predicted molar refractivity (Wildman–Crippen MR) is 75.1 cm³/mol. The molecule has 0 aliphatic carbocycles. The van der Waals surface area contributed by atoms with E-state index in [2.05, 4.69) is 45.0 Å². The number of hydrogen-bond acceptors (Lipinski definition) is 3. The van der Waals surface area contributed by atoms with E-state index in [0.29, 0.717) is 11.8 Å². The molecule has 0 radical (unpaired) electrons. The van der Waals surface area contributed by atoms with Gasteiger partial charge in [-0.1, -0.05) is 13.8 Å². The number of aromatic nitrogens is 2. The Labute approximate surface area is 111 Å². The standard InChI is InChI=1S/C14H27N3O/c1-10(8-15-14(3,4)5)11(2)13-12(18-7)9-16-17(13)6/h9-11,15H,8H2,1-7H3. The first-order chi connectivity index (χ1) is 8.26. The Bertz CT molecular complexity index is 379. The third kappa shape index (κ3) is 3.73. The first-order valence-electron chi connectivity index (χ1n) is 6.57. The summed E-state index contributed by atoms with van der Waals surface area (Å²) in [7, 11) is 3.67. The van der Waals surface area contributed by atoms with Crippen LogP contribution in [0.1, 0.15) is 46.2 Å². The molecule has 0 amide bonds. The van der Waals surface area contributed by atoms with Crippen molar-refractivity contribution in [1.82, 2.24) is 15.1 Å². The molecule has 2 unspecified atom stereocenters. The molecular weight excluding hydrogens is 226 g/mol. The Morgan fingerprint density at radius 2 is 2.00 bits per heavy atom. The first kappa shape index (κ1) is 15.0. The zero-order valence-corrected chi connectivity index (χ0v) is 12.7. The van der Waals surface area contributed by atoms with Gasteiger partial charge >= 0.3 is 0 Å². The minimum atomic E-state index is 0.157. The van der Waals surface area contributed by atoms with E-state index in [-0.39, 0.29) is 5.54 Å². The summed E-state index contributed by atoms with van der Waals surface area (Å²) >= 11 is 0. The van der Waals surface area contributed by atoms with Crippen molar-refractivity contribution in [2.75, 3.05) is 13.7 Å². The quantitative estimate of drug-likeness (QED) is 0.876. The molecule has 0 saturated heterocycles. The molecule has 4 nitrogen and oxygen atoms in total. The van der Waals surface area contributed by atoms with Crippen LogP contribution in [0.4, 0.5) is 0 Å². The second-order valence-corrected chi connectivity index (χ2v) is 6.12. The fourth-order valence-corrected chi connectivity index (χ4v) is 2.02. The van der Waals surface area contributed by atoms with Crippen molar-refractivity contribution in [1.29, 1.82) is 0 Å². The van der Waals surface area contributed by atoms with Crippen LogP contribution in [0.25, 0.3) is 0 Å². The molecule has 1 rings (SSSR count). The average Bonchev–Trinajstić information content (AvgIpc) is 2.65. The van der Waals surface area contributed by atoms with Gasteiger partial charge in [-0.3, -0.25) is 4.68 Å². The maximum Gasteiger partial charge on any atom is 0.160 e. The Hall–Kier alpha value is -1.03. The maximum atomic E-state index is 5.38. The number of aryl methyl sites for hydroxylation is 1. The van der Waals surface area contributed by atoms with Gasteiger partial charge in [0.1, 0.15) is 0 Å². The lowest BCUT2D eigenvalue weighted by Crippen LogP contribution is -2.39. The summed E-state index contributed by atoms with van der Waals surface area (Å²) in [4.78, 5) is 0. The highest BCUT2D eigenvalue weighted by molar-refractivity contribution is 5.28. The third-order valence-electron chi connectivity index (χ3n) is 3.41. The van der Waals surface area contributed by atoms with E-state index in [0.717, 1.165) is 12.3 Å². The van der Waals surface area contributed by atoms with Gasteiger partial charge < -0.3 is 10.1 Å². The van der Waals surface area contributed by atoms with Crippen LogP contribution in [-0.4, -0.2) is 29.0 Å². The van der Waals surface area contributed by atoms with Crippen LogP contribution in [0.5, 0.6) is 5.75 Å². The largest absolute Gasteiger partial charge is 0.493 e. The van der Waals surface area contributed by atoms with E-state index >= 15 is 0 Å². The van der Waals surface area contributed by atoms with Gasteiger partial charge in [0.15, 0.2) is 5.75 Å².